The molecule has 30 heavy (non-hydrogen) atoms. The Morgan fingerprint density at radius 1 is 1.10 bits per heavy atom. The maximum Gasteiger partial charge on any atom is 0.226 e. The molecule has 3 atom stereocenters. The normalized spacial score (nSPS) is 30.2. The number of hydrogen-bond acceptors (Lipinski definition) is 6. The average molecular weight is 419 g/mol. The van der Waals surface area contributed by atoms with Crippen molar-refractivity contribution in [3.8, 4) is 11.5 Å². The molecule has 0 spiro atoms. The summed E-state index contributed by atoms with van der Waals surface area (Å²) in [5.74, 6) is 1.59. The summed E-state index contributed by atoms with van der Waals surface area (Å²) in [6, 6.07) is 6.83. The molecule has 1 saturated carbocycles. The van der Waals surface area contributed by atoms with Crippen LogP contribution in [0.15, 0.2) is 23.4 Å². The fraction of sp³-hybridized carbons (Fsp3) is 0.708. The van der Waals surface area contributed by atoms with Crippen molar-refractivity contribution in [2.45, 2.75) is 76.5 Å². The molecule has 2 heterocycles. The first-order valence-corrected chi connectivity index (χ1v) is 11.4. The second kappa shape index (κ2) is 10.5. The Hall–Kier alpha value is -1.79. The number of likely N-dealkylation sites (tertiary alicyclic amines) is 1. The van der Waals surface area contributed by atoms with Gasteiger partial charge in [-0.3, -0.25) is 0 Å². The number of methoxy groups -OCH3 is 2. The predicted molar refractivity (Wildman–Crippen MR) is 120 cm³/mol. The van der Waals surface area contributed by atoms with Gasteiger partial charge in [-0.1, -0.05) is 25.1 Å². The lowest BCUT2D eigenvalue weighted by atomic mass is 9.65. The van der Waals surface area contributed by atoms with Crippen molar-refractivity contribution in [3.63, 3.8) is 0 Å². The first-order valence-electron chi connectivity index (χ1n) is 11.4. The van der Waals surface area contributed by atoms with Crippen LogP contribution in [-0.2, 0) is 15.0 Å². The smallest absolute Gasteiger partial charge is 0.226 e. The highest BCUT2D eigenvalue weighted by Gasteiger charge is 2.50. The number of benzene rings is 1. The number of nitrogens with zero attached hydrogens (tertiary/aromatic N) is 2. The zero-order chi connectivity index (χ0) is 21.6. The molecule has 3 unspecified atom stereocenters. The van der Waals surface area contributed by atoms with E-state index in [1.54, 1.807) is 14.2 Å². The van der Waals surface area contributed by atoms with Crippen LogP contribution in [0.3, 0.4) is 0 Å². The number of ether oxygens (including phenoxy) is 3. The van der Waals surface area contributed by atoms with Gasteiger partial charge < -0.3 is 23.9 Å². The molecule has 0 radical (unpaired) electrons. The van der Waals surface area contributed by atoms with Gasteiger partial charge in [-0.25, -0.2) is 0 Å². The average Bonchev–Trinajstić information content (AvgIpc) is 3.16. The Balaban J connectivity index is 0.00000124. The third kappa shape index (κ3) is 4.59. The van der Waals surface area contributed by atoms with Crippen LogP contribution in [0.1, 0.15) is 64.4 Å². The van der Waals surface area contributed by atoms with E-state index in [0.717, 1.165) is 75.3 Å². The van der Waals surface area contributed by atoms with E-state index < -0.39 is 0 Å². The van der Waals surface area contributed by atoms with E-state index in [9.17, 15) is 0 Å². The first-order chi connectivity index (χ1) is 14.7. The SMILES string of the molecule is CC.COc1ccc(C23CC/C(=N\OC4CCCCO4)CC2N(C)CC3)cc1OC. The molecule has 6 nitrogen and oxygen atoms in total. The van der Waals surface area contributed by atoms with E-state index in [1.807, 2.05) is 19.9 Å². The van der Waals surface area contributed by atoms with E-state index >= 15 is 0 Å². The zero-order valence-electron chi connectivity index (χ0n) is 19.3. The second-order valence-electron chi connectivity index (χ2n) is 8.24. The lowest BCUT2D eigenvalue weighted by molar-refractivity contribution is -0.162. The van der Waals surface area contributed by atoms with Gasteiger partial charge in [0.25, 0.3) is 0 Å². The summed E-state index contributed by atoms with van der Waals surface area (Å²) in [6.45, 7) is 5.88. The van der Waals surface area contributed by atoms with Crippen LogP contribution in [0, 0.1) is 0 Å². The fourth-order valence-electron chi connectivity index (χ4n) is 5.09. The summed E-state index contributed by atoms with van der Waals surface area (Å²) in [5.41, 5.74) is 2.63. The van der Waals surface area contributed by atoms with Crippen molar-refractivity contribution in [1.82, 2.24) is 4.90 Å². The zero-order valence-corrected chi connectivity index (χ0v) is 19.3. The van der Waals surface area contributed by atoms with Crippen LogP contribution in [0.2, 0.25) is 0 Å². The molecule has 0 aromatic heterocycles. The first kappa shape index (κ1) is 22.9. The minimum atomic E-state index is -0.167. The van der Waals surface area contributed by atoms with E-state index in [0.29, 0.717) is 6.04 Å². The second-order valence-corrected chi connectivity index (χ2v) is 8.24. The van der Waals surface area contributed by atoms with Crippen LogP contribution < -0.4 is 9.47 Å². The summed E-state index contributed by atoms with van der Waals surface area (Å²) >= 11 is 0. The topological polar surface area (TPSA) is 52.5 Å². The van der Waals surface area contributed by atoms with Crippen LogP contribution >= 0.6 is 0 Å². The van der Waals surface area contributed by atoms with E-state index in [1.165, 1.54) is 5.56 Å². The minimum absolute atomic E-state index is 0.134. The maximum atomic E-state index is 5.72. The van der Waals surface area contributed by atoms with Gasteiger partial charge in [0.05, 0.1) is 26.5 Å². The van der Waals surface area contributed by atoms with Crippen LogP contribution in [-0.4, -0.2) is 57.4 Å². The van der Waals surface area contributed by atoms with Gasteiger partial charge >= 0.3 is 0 Å². The van der Waals surface area contributed by atoms with Crippen molar-refractivity contribution < 1.29 is 19.0 Å². The number of fused-ring (bicyclic) bond motifs is 1. The highest BCUT2D eigenvalue weighted by atomic mass is 16.8. The van der Waals surface area contributed by atoms with Gasteiger partial charge in [-0.2, -0.15) is 0 Å². The molecular weight excluding hydrogens is 380 g/mol. The van der Waals surface area contributed by atoms with Crippen LogP contribution in [0.25, 0.3) is 0 Å². The molecular formula is C24H38N2O4. The Morgan fingerprint density at radius 2 is 1.90 bits per heavy atom. The summed E-state index contributed by atoms with van der Waals surface area (Å²) in [7, 11) is 5.61. The largest absolute Gasteiger partial charge is 0.493 e. The van der Waals surface area contributed by atoms with Gasteiger partial charge in [0.15, 0.2) is 11.5 Å². The lowest BCUT2D eigenvalue weighted by Gasteiger charge is -2.42. The van der Waals surface area contributed by atoms with Gasteiger partial charge in [0.1, 0.15) is 0 Å². The van der Waals surface area contributed by atoms with E-state index in [4.69, 9.17) is 19.0 Å². The van der Waals surface area contributed by atoms with Crippen molar-refractivity contribution in [3.05, 3.63) is 23.8 Å². The molecule has 1 aliphatic carbocycles. The lowest BCUT2D eigenvalue weighted by Crippen LogP contribution is -2.46. The fourth-order valence-corrected chi connectivity index (χ4v) is 5.09. The summed E-state index contributed by atoms with van der Waals surface area (Å²) in [4.78, 5) is 8.20. The number of hydrogen-bond donors (Lipinski definition) is 0. The molecule has 1 aromatic rings. The molecule has 3 aliphatic rings. The number of likely N-dealkylation sites (N-methyl/N-ethyl adjacent to an activating group) is 1. The van der Waals surface area contributed by atoms with Gasteiger partial charge in [0.2, 0.25) is 6.29 Å². The quantitative estimate of drug-likeness (QED) is 0.646. The van der Waals surface area contributed by atoms with E-state index in [-0.39, 0.29) is 11.7 Å². The molecule has 1 aromatic carbocycles. The van der Waals surface area contributed by atoms with Gasteiger partial charge in [-0.15, -0.1) is 0 Å². The predicted octanol–water partition coefficient (Wildman–Crippen LogP) is 4.76. The van der Waals surface area contributed by atoms with Crippen LogP contribution in [0.5, 0.6) is 11.5 Å². The molecule has 2 aliphatic heterocycles. The Kier molecular flexibility index (Phi) is 8.00. The Morgan fingerprint density at radius 3 is 2.60 bits per heavy atom. The number of oxime groups is 1. The molecule has 0 amide bonds. The maximum absolute atomic E-state index is 5.72. The standard InChI is InChI=1S/C22H32N2O4.C2H6/c1-24-12-11-22(16-7-8-18(25-2)19(14-16)26-3)10-9-17(15-20(22)24)23-28-21-6-4-5-13-27-21;1-2/h7-8,14,20-21H,4-6,9-13,15H2,1-3H3;1-2H3/b23-17+;. The molecule has 0 N–H and O–H groups in total. The van der Waals surface area contributed by atoms with Crippen molar-refractivity contribution in [2.75, 3.05) is 34.4 Å². The molecule has 4 rings (SSSR count). The van der Waals surface area contributed by atoms with Crippen molar-refractivity contribution in [2.24, 2.45) is 5.16 Å². The molecule has 2 saturated heterocycles. The van der Waals surface area contributed by atoms with Gasteiger partial charge in [-0.05, 0) is 63.4 Å². The minimum Gasteiger partial charge on any atom is -0.493 e. The monoisotopic (exact) mass is 418 g/mol. The summed E-state index contributed by atoms with van der Waals surface area (Å²) < 4.78 is 16.7. The highest BCUT2D eigenvalue weighted by Crippen LogP contribution is 2.49. The third-order valence-corrected chi connectivity index (χ3v) is 6.76. The molecule has 3 fully saturated rings. The van der Waals surface area contributed by atoms with Crippen molar-refractivity contribution in [1.29, 1.82) is 0 Å². The van der Waals surface area contributed by atoms with E-state index in [2.05, 4.69) is 29.2 Å². The molecule has 168 valence electrons. The van der Waals surface area contributed by atoms with Crippen LogP contribution in [0.4, 0.5) is 0 Å². The summed E-state index contributed by atoms with van der Waals surface area (Å²) in [6.07, 6.45) is 7.19. The third-order valence-electron chi connectivity index (χ3n) is 6.76. The number of rotatable bonds is 5. The highest BCUT2D eigenvalue weighted by molar-refractivity contribution is 5.86. The van der Waals surface area contributed by atoms with Gasteiger partial charge in [0, 0.05) is 24.3 Å². The molecule has 6 heteroatoms. The molecule has 0 bridgehead atoms. The van der Waals surface area contributed by atoms with Crippen molar-refractivity contribution >= 4 is 5.71 Å². The Labute approximate surface area is 181 Å². The Bertz CT molecular complexity index is 717. The summed E-state index contributed by atoms with van der Waals surface area (Å²) in [5, 5.41) is 4.51.